The van der Waals surface area contributed by atoms with E-state index >= 15 is 0 Å². The Morgan fingerprint density at radius 2 is 1.48 bits per heavy atom. The second-order valence-corrected chi connectivity index (χ2v) is 7.19. The van der Waals surface area contributed by atoms with Crippen LogP contribution in [-0.4, -0.2) is 19.3 Å². The maximum absolute atomic E-state index is 10.7. The Balaban J connectivity index is 2.29. The zero-order chi connectivity index (χ0) is 18.2. The lowest BCUT2D eigenvalue weighted by Crippen LogP contribution is -2.10. The molecule has 3 nitrogen and oxygen atoms in total. The normalized spacial score (nSPS) is 11.6. The summed E-state index contributed by atoms with van der Waals surface area (Å²) in [7, 11) is 3.30. The molecule has 3 rings (SSSR count). The summed E-state index contributed by atoms with van der Waals surface area (Å²) in [5, 5.41) is 12.6. The van der Waals surface area contributed by atoms with E-state index in [0.717, 1.165) is 39.0 Å². The number of hydrogen-bond acceptors (Lipinski definition) is 3. The monoisotopic (exact) mass is 336 g/mol. The average Bonchev–Trinajstić information content (AvgIpc) is 2.59. The lowest BCUT2D eigenvalue weighted by atomic mass is 9.85. The summed E-state index contributed by atoms with van der Waals surface area (Å²) in [6.45, 7) is 6.38. The smallest absolute Gasteiger partial charge is 0.134 e. The van der Waals surface area contributed by atoms with Gasteiger partial charge in [0, 0.05) is 21.9 Å². The van der Waals surface area contributed by atoms with Crippen LogP contribution in [0.2, 0.25) is 0 Å². The number of ether oxygens (including phenoxy) is 2. The van der Waals surface area contributed by atoms with E-state index < -0.39 is 0 Å². The molecule has 1 N–H and O–H groups in total. The van der Waals surface area contributed by atoms with Gasteiger partial charge < -0.3 is 14.6 Å². The fraction of sp³-hybridized carbons (Fsp3) is 0.273. The van der Waals surface area contributed by atoms with E-state index in [1.54, 1.807) is 14.2 Å². The minimum absolute atomic E-state index is 0.0266. The van der Waals surface area contributed by atoms with Crippen LogP contribution in [0.4, 0.5) is 0 Å². The first kappa shape index (κ1) is 17.2. The van der Waals surface area contributed by atoms with E-state index in [-0.39, 0.29) is 11.2 Å². The number of fused-ring (bicyclic) bond motifs is 1. The number of phenolic OH excluding ortho intramolecular Hbond substituents is 1. The molecule has 0 spiro atoms. The molecule has 0 amide bonds. The maximum atomic E-state index is 10.7. The van der Waals surface area contributed by atoms with Gasteiger partial charge in [-0.1, -0.05) is 57.2 Å². The van der Waals surface area contributed by atoms with E-state index in [9.17, 15) is 5.11 Å². The van der Waals surface area contributed by atoms with Crippen LogP contribution < -0.4 is 9.47 Å². The third-order valence-electron chi connectivity index (χ3n) is 4.54. The highest BCUT2D eigenvalue weighted by Crippen LogP contribution is 2.45. The Morgan fingerprint density at radius 1 is 0.800 bits per heavy atom. The molecule has 0 aliphatic heterocycles. The molecule has 0 aromatic heterocycles. The summed E-state index contributed by atoms with van der Waals surface area (Å²) < 4.78 is 11.3. The topological polar surface area (TPSA) is 38.7 Å². The SMILES string of the molecule is COc1cc(-c2ccc(C(C)(C)C)cc2O)c(OC)c2ccccc12. The summed E-state index contributed by atoms with van der Waals surface area (Å²) in [4.78, 5) is 0. The lowest BCUT2D eigenvalue weighted by molar-refractivity contribution is 0.411. The molecule has 0 unspecified atom stereocenters. The Labute approximate surface area is 148 Å². The molecule has 0 bridgehead atoms. The quantitative estimate of drug-likeness (QED) is 0.684. The van der Waals surface area contributed by atoms with Gasteiger partial charge in [0.25, 0.3) is 0 Å². The molecule has 0 radical (unpaired) electrons. The average molecular weight is 336 g/mol. The summed E-state index contributed by atoms with van der Waals surface area (Å²) in [5.41, 5.74) is 2.60. The van der Waals surface area contributed by atoms with Crippen LogP contribution in [0.15, 0.2) is 48.5 Å². The summed E-state index contributed by atoms with van der Waals surface area (Å²) in [6, 6.07) is 15.7. The molecular formula is C22H24O3. The molecule has 0 saturated heterocycles. The predicted molar refractivity (Wildman–Crippen MR) is 103 cm³/mol. The first-order valence-corrected chi connectivity index (χ1v) is 8.34. The second-order valence-electron chi connectivity index (χ2n) is 7.19. The molecule has 0 heterocycles. The third kappa shape index (κ3) is 3.02. The molecule has 0 saturated carbocycles. The van der Waals surface area contributed by atoms with Gasteiger partial charge in [-0.3, -0.25) is 0 Å². The molecular weight excluding hydrogens is 312 g/mol. The highest BCUT2D eigenvalue weighted by Gasteiger charge is 2.20. The van der Waals surface area contributed by atoms with Crippen LogP contribution in [0.3, 0.4) is 0 Å². The van der Waals surface area contributed by atoms with Crippen LogP contribution in [0.5, 0.6) is 17.2 Å². The van der Waals surface area contributed by atoms with Gasteiger partial charge >= 0.3 is 0 Å². The molecule has 0 fully saturated rings. The molecule has 3 heteroatoms. The Bertz CT molecular complexity index is 920. The van der Waals surface area contributed by atoms with Gasteiger partial charge in [0.2, 0.25) is 0 Å². The molecule has 3 aromatic rings. The van der Waals surface area contributed by atoms with Crippen LogP contribution >= 0.6 is 0 Å². The molecule has 0 aliphatic carbocycles. The summed E-state index contributed by atoms with van der Waals surface area (Å²) >= 11 is 0. The van der Waals surface area contributed by atoms with Crippen molar-refractivity contribution in [2.75, 3.05) is 14.2 Å². The number of benzene rings is 3. The van der Waals surface area contributed by atoms with Crippen LogP contribution in [0.1, 0.15) is 26.3 Å². The van der Waals surface area contributed by atoms with Gasteiger partial charge in [-0.2, -0.15) is 0 Å². The summed E-state index contributed by atoms with van der Waals surface area (Å²) in [6.07, 6.45) is 0. The zero-order valence-electron chi connectivity index (χ0n) is 15.4. The van der Waals surface area contributed by atoms with E-state index in [1.807, 2.05) is 42.5 Å². The molecule has 0 aliphatic rings. The highest BCUT2D eigenvalue weighted by molar-refractivity contribution is 6.00. The van der Waals surface area contributed by atoms with E-state index in [4.69, 9.17) is 9.47 Å². The van der Waals surface area contributed by atoms with Gasteiger partial charge in [-0.25, -0.2) is 0 Å². The van der Waals surface area contributed by atoms with Crippen molar-refractivity contribution in [2.24, 2.45) is 0 Å². The zero-order valence-corrected chi connectivity index (χ0v) is 15.4. The Hall–Kier alpha value is -2.68. The number of rotatable bonds is 3. The van der Waals surface area contributed by atoms with Crippen molar-refractivity contribution < 1.29 is 14.6 Å². The van der Waals surface area contributed by atoms with Crippen molar-refractivity contribution >= 4 is 10.8 Å². The van der Waals surface area contributed by atoms with Crippen molar-refractivity contribution in [1.82, 2.24) is 0 Å². The Morgan fingerprint density at radius 3 is 2.04 bits per heavy atom. The maximum Gasteiger partial charge on any atom is 0.134 e. The number of phenols is 1. The standard InChI is InChI=1S/C22H24O3/c1-22(2,3)14-10-11-15(19(23)12-14)18-13-20(24-4)16-8-6-7-9-17(16)21(18)25-5/h6-13,23H,1-5H3. The van der Waals surface area contributed by atoms with Gasteiger partial charge in [0.15, 0.2) is 0 Å². The minimum atomic E-state index is -0.0266. The lowest BCUT2D eigenvalue weighted by Gasteiger charge is -2.21. The Kier molecular flexibility index (Phi) is 4.34. The van der Waals surface area contributed by atoms with Crippen molar-refractivity contribution in [1.29, 1.82) is 0 Å². The minimum Gasteiger partial charge on any atom is -0.507 e. The van der Waals surface area contributed by atoms with Crippen LogP contribution in [-0.2, 0) is 5.41 Å². The number of hydrogen-bond donors (Lipinski definition) is 1. The molecule has 0 atom stereocenters. The molecule has 130 valence electrons. The van der Waals surface area contributed by atoms with Crippen molar-refractivity contribution in [3.8, 4) is 28.4 Å². The highest BCUT2D eigenvalue weighted by atomic mass is 16.5. The first-order chi connectivity index (χ1) is 11.9. The fourth-order valence-corrected chi connectivity index (χ4v) is 3.13. The van der Waals surface area contributed by atoms with Crippen molar-refractivity contribution in [3.63, 3.8) is 0 Å². The number of methoxy groups -OCH3 is 2. The fourth-order valence-electron chi connectivity index (χ4n) is 3.13. The van der Waals surface area contributed by atoms with Crippen molar-refractivity contribution in [3.05, 3.63) is 54.1 Å². The van der Waals surface area contributed by atoms with Crippen LogP contribution in [0.25, 0.3) is 21.9 Å². The van der Waals surface area contributed by atoms with E-state index in [1.165, 1.54) is 0 Å². The summed E-state index contributed by atoms with van der Waals surface area (Å²) in [5.74, 6) is 1.73. The largest absolute Gasteiger partial charge is 0.507 e. The predicted octanol–water partition coefficient (Wildman–Crippen LogP) is 5.53. The van der Waals surface area contributed by atoms with Crippen LogP contribution in [0, 0.1) is 0 Å². The second kappa shape index (κ2) is 6.32. The first-order valence-electron chi connectivity index (χ1n) is 8.34. The van der Waals surface area contributed by atoms with E-state index in [2.05, 4.69) is 26.8 Å². The van der Waals surface area contributed by atoms with Gasteiger partial charge in [0.1, 0.15) is 17.2 Å². The van der Waals surface area contributed by atoms with E-state index in [0.29, 0.717) is 0 Å². The van der Waals surface area contributed by atoms with Crippen molar-refractivity contribution in [2.45, 2.75) is 26.2 Å². The third-order valence-corrected chi connectivity index (χ3v) is 4.54. The molecule has 25 heavy (non-hydrogen) atoms. The van der Waals surface area contributed by atoms with Gasteiger partial charge in [0.05, 0.1) is 14.2 Å². The molecule has 3 aromatic carbocycles. The number of aromatic hydroxyl groups is 1. The van der Waals surface area contributed by atoms with Gasteiger partial charge in [-0.05, 0) is 23.1 Å². The van der Waals surface area contributed by atoms with Gasteiger partial charge in [-0.15, -0.1) is 0 Å².